The quantitative estimate of drug-likeness (QED) is 0.551. The lowest BCUT2D eigenvalue weighted by Gasteiger charge is -2.25. The number of aryl methyl sites for hydroxylation is 1. The molecular formula is C24H26N2O2S. The zero-order valence-electron chi connectivity index (χ0n) is 17.3. The third-order valence-electron chi connectivity index (χ3n) is 5.07. The normalized spacial score (nSPS) is 18.1. The van der Waals surface area contributed by atoms with E-state index in [2.05, 4.69) is 73.0 Å². The Balaban J connectivity index is 1.96. The Kier molecular flexibility index (Phi) is 5.52. The first-order chi connectivity index (χ1) is 13.9. The maximum absolute atomic E-state index is 12.1. The Morgan fingerprint density at radius 2 is 1.86 bits per heavy atom. The van der Waals surface area contributed by atoms with Crippen LogP contribution in [0.2, 0.25) is 0 Å². The molecule has 1 aliphatic rings. The molecule has 3 aromatic rings. The molecule has 1 aromatic heterocycles. The lowest BCUT2D eigenvalue weighted by molar-refractivity contribution is -0.147. The number of hydrogen-bond donors (Lipinski definition) is 0. The minimum Gasteiger partial charge on any atom is -0.455 e. The van der Waals surface area contributed by atoms with Crippen molar-refractivity contribution in [3.05, 3.63) is 83.2 Å². The van der Waals surface area contributed by atoms with Crippen LogP contribution in [0, 0.1) is 6.92 Å². The predicted molar refractivity (Wildman–Crippen MR) is 117 cm³/mol. The van der Waals surface area contributed by atoms with Gasteiger partial charge in [0, 0.05) is 24.1 Å². The largest absolute Gasteiger partial charge is 0.455 e. The van der Waals surface area contributed by atoms with Crippen molar-refractivity contribution in [3.8, 4) is 5.69 Å². The number of nitrogens with zero attached hydrogens (tertiary/aromatic N) is 2. The number of ether oxygens (including phenoxy) is 1. The van der Waals surface area contributed by atoms with Crippen LogP contribution >= 0.6 is 11.8 Å². The summed E-state index contributed by atoms with van der Waals surface area (Å²) in [5.41, 5.74) is 5.72. The fourth-order valence-corrected chi connectivity index (χ4v) is 5.20. The van der Waals surface area contributed by atoms with Crippen LogP contribution in [0.5, 0.6) is 0 Å². The second kappa shape index (κ2) is 8.09. The number of benzene rings is 2. The maximum atomic E-state index is 12.1. The topological polar surface area (TPSA) is 34.5 Å². The minimum absolute atomic E-state index is 0.0232. The van der Waals surface area contributed by atoms with Gasteiger partial charge in [-0.2, -0.15) is 0 Å². The number of thioether (sulfide) groups is 1. The molecule has 4 rings (SSSR count). The summed E-state index contributed by atoms with van der Waals surface area (Å²) in [6.45, 7) is 4.41. The maximum Gasteiger partial charge on any atom is 0.303 e. The Hall–Kier alpha value is -2.50. The Morgan fingerprint density at radius 1 is 1.10 bits per heavy atom. The highest BCUT2D eigenvalue weighted by Gasteiger charge is 2.35. The van der Waals surface area contributed by atoms with Crippen LogP contribution in [-0.2, 0) is 16.1 Å². The summed E-state index contributed by atoms with van der Waals surface area (Å²) >= 11 is 1.77. The molecule has 0 saturated carbocycles. The van der Waals surface area contributed by atoms with E-state index in [0.29, 0.717) is 0 Å². The highest BCUT2D eigenvalue weighted by Crippen LogP contribution is 2.51. The summed E-state index contributed by atoms with van der Waals surface area (Å²) in [4.78, 5) is 15.4. The van der Waals surface area contributed by atoms with Crippen LogP contribution in [0.1, 0.15) is 40.8 Å². The van der Waals surface area contributed by atoms with Crippen molar-refractivity contribution in [3.63, 3.8) is 0 Å². The molecule has 0 radical (unpaired) electrons. The van der Waals surface area contributed by atoms with Crippen molar-refractivity contribution in [2.45, 2.75) is 36.6 Å². The molecule has 0 aliphatic carbocycles. The van der Waals surface area contributed by atoms with Crippen LogP contribution in [0.15, 0.2) is 65.6 Å². The molecule has 0 bridgehead atoms. The van der Waals surface area contributed by atoms with E-state index in [9.17, 15) is 4.79 Å². The van der Waals surface area contributed by atoms with Crippen LogP contribution in [0.25, 0.3) is 5.69 Å². The standard InChI is InChI=1S/C24H26N2O2S/c1-16-10-13-22-21(14-16)26-19(15-25(3)4)11-12-20(26)23(28-17(2)27)24(29-22)18-8-6-5-7-9-18/h5-14,23-24H,15H2,1-4H3/t23-,24-/m1/s1. The number of esters is 1. The van der Waals surface area contributed by atoms with Crippen LogP contribution in [0.4, 0.5) is 0 Å². The fraction of sp³-hybridized carbons (Fsp3) is 0.292. The SMILES string of the molecule is CC(=O)O[C@@H]1c2ccc(CN(C)C)n2-c2cc(C)ccc2S[C@@H]1c1ccccc1. The summed E-state index contributed by atoms with van der Waals surface area (Å²) in [5, 5.41) is -0.0232. The van der Waals surface area contributed by atoms with E-state index < -0.39 is 0 Å². The number of fused-ring (bicyclic) bond motifs is 3. The van der Waals surface area contributed by atoms with Gasteiger partial charge in [-0.1, -0.05) is 36.4 Å². The highest BCUT2D eigenvalue weighted by atomic mass is 32.2. The summed E-state index contributed by atoms with van der Waals surface area (Å²) in [6.07, 6.45) is -0.372. The summed E-state index contributed by atoms with van der Waals surface area (Å²) in [7, 11) is 4.14. The fourth-order valence-electron chi connectivity index (χ4n) is 3.90. The molecule has 29 heavy (non-hydrogen) atoms. The van der Waals surface area contributed by atoms with E-state index >= 15 is 0 Å². The minimum atomic E-state index is -0.372. The van der Waals surface area contributed by atoms with Crippen molar-refractivity contribution in [2.75, 3.05) is 14.1 Å². The average Bonchev–Trinajstić information content (AvgIpc) is 3.02. The molecule has 2 aromatic carbocycles. The lowest BCUT2D eigenvalue weighted by Crippen LogP contribution is -2.19. The molecule has 0 spiro atoms. The van der Waals surface area contributed by atoms with E-state index in [0.717, 1.165) is 23.5 Å². The van der Waals surface area contributed by atoms with Crippen molar-refractivity contribution in [2.24, 2.45) is 0 Å². The second-order valence-corrected chi connectivity index (χ2v) is 8.96. The molecular weight excluding hydrogens is 380 g/mol. The van der Waals surface area contributed by atoms with Crippen molar-refractivity contribution >= 4 is 17.7 Å². The summed E-state index contributed by atoms with van der Waals surface area (Å²) in [5.74, 6) is -0.263. The van der Waals surface area contributed by atoms with Crippen molar-refractivity contribution < 1.29 is 9.53 Å². The van der Waals surface area contributed by atoms with Crippen molar-refractivity contribution in [1.29, 1.82) is 0 Å². The molecule has 4 nitrogen and oxygen atoms in total. The van der Waals surface area contributed by atoms with E-state index in [1.165, 1.54) is 23.1 Å². The van der Waals surface area contributed by atoms with Gasteiger partial charge in [-0.25, -0.2) is 0 Å². The molecule has 0 saturated heterocycles. The molecule has 0 unspecified atom stereocenters. The van der Waals surface area contributed by atoms with Gasteiger partial charge >= 0.3 is 5.97 Å². The molecule has 0 N–H and O–H groups in total. The molecule has 0 fully saturated rings. The van der Waals surface area contributed by atoms with Gasteiger partial charge in [0.15, 0.2) is 6.10 Å². The monoisotopic (exact) mass is 406 g/mol. The van der Waals surface area contributed by atoms with Crippen LogP contribution in [0.3, 0.4) is 0 Å². The van der Waals surface area contributed by atoms with Crippen LogP contribution < -0.4 is 0 Å². The lowest BCUT2D eigenvalue weighted by atomic mass is 10.0. The van der Waals surface area contributed by atoms with Gasteiger partial charge in [0.25, 0.3) is 0 Å². The van der Waals surface area contributed by atoms with E-state index in [1.807, 2.05) is 18.2 Å². The molecule has 0 amide bonds. The predicted octanol–water partition coefficient (Wildman–Crippen LogP) is 5.30. The van der Waals surface area contributed by atoms with Gasteiger partial charge < -0.3 is 14.2 Å². The molecule has 5 heteroatoms. The molecule has 150 valence electrons. The Bertz CT molecular complexity index is 1030. The third kappa shape index (κ3) is 3.98. The van der Waals surface area contributed by atoms with Gasteiger partial charge in [0.1, 0.15) is 0 Å². The summed E-state index contributed by atoms with van der Waals surface area (Å²) < 4.78 is 8.23. The Morgan fingerprint density at radius 3 is 2.55 bits per heavy atom. The zero-order valence-corrected chi connectivity index (χ0v) is 18.1. The first kappa shape index (κ1) is 19.8. The van der Waals surface area contributed by atoms with Gasteiger partial charge in [0.05, 0.1) is 16.6 Å². The van der Waals surface area contributed by atoms with Gasteiger partial charge in [-0.05, 0) is 56.4 Å². The number of aromatic nitrogens is 1. The van der Waals surface area contributed by atoms with Gasteiger partial charge in [-0.3, -0.25) is 4.79 Å². The van der Waals surface area contributed by atoms with E-state index in [1.54, 1.807) is 11.8 Å². The molecule has 2 atom stereocenters. The average molecular weight is 407 g/mol. The first-order valence-electron chi connectivity index (χ1n) is 9.79. The zero-order chi connectivity index (χ0) is 20.5. The van der Waals surface area contributed by atoms with E-state index in [-0.39, 0.29) is 17.3 Å². The highest BCUT2D eigenvalue weighted by molar-refractivity contribution is 7.99. The second-order valence-electron chi connectivity index (χ2n) is 7.77. The number of carbonyl (C=O) groups is 1. The number of carbonyl (C=O) groups excluding carboxylic acids is 1. The first-order valence-corrected chi connectivity index (χ1v) is 10.7. The molecule has 2 heterocycles. The van der Waals surface area contributed by atoms with Crippen LogP contribution in [-0.4, -0.2) is 29.5 Å². The summed E-state index contributed by atoms with van der Waals surface area (Å²) in [6, 6.07) is 21.1. The Labute approximate surface area is 176 Å². The van der Waals surface area contributed by atoms with E-state index in [4.69, 9.17) is 4.74 Å². The van der Waals surface area contributed by atoms with Gasteiger partial charge in [0.2, 0.25) is 0 Å². The van der Waals surface area contributed by atoms with Gasteiger partial charge in [-0.15, -0.1) is 11.8 Å². The number of rotatable bonds is 4. The van der Waals surface area contributed by atoms with Crippen molar-refractivity contribution in [1.82, 2.24) is 9.47 Å². The third-order valence-corrected chi connectivity index (χ3v) is 6.44. The smallest absolute Gasteiger partial charge is 0.303 e. The molecule has 1 aliphatic heterocycles. The number of hydrogen-bond acceptors (Lipinski definition) is 4.